The molecule has 1 nitrogen and oxygen atoms in total. The van der Waals surface area contributed by atoms with Gasteiger partial charge < -0.3 is 5.73 Å². The van der Waals surface area contributed by atoms with Crippen LogP contribution < -0.4 is 5.73 Å². The Bertz CT molecular complexity index is 399. The third-order valence-electron chi connectivity index (χ3n) is 3.10. The molecule has 0 saturated heterocycles. The lowest BCUT2D eigenvalue weighted by Gasteiger charge is -2.08. The maximum absolute atomic E-state index is 13.2. The molecule has 0 bridgehead atoms. The van der Waals surface area contributed by atoms with Crippen LogP contribution in [0.25, 0.3) is 0 Å². The fraction of sp³-hybridized carbons (Fsp3) is 0.500. The van der Waals surface area contributed by atoms with Crippen LogP contribution in [0.4, 0.5) is 13.2 Å². The molecular weight excluding hydrogens is 215 g/mol. The van der Waals surface area contributed by atoms with Gasteiger partial charge in [0.05, 0.1) is 0 Å². The molecule has 2 N–H and O–H groups in total. The van der Waals surface area contributed by atoms with Gasteiger partial charge in [-0.1, -0.05) is 0 Å². The van der Waals surface area contributed by atoms with Crippen molar-refractivity contribution < 1.29 is 13.2 Å². The zero-order valence-electron chi connectivity index (χ0n) is 8.90. The van der Waals surface area contributed by atoms with Gasteiger partial charge in [0.1, 0.15) is 5.82 Å². The standard InChI is InChI=1S/C12H14F3N/c13-9-7-11(15)10(14)6-8(9)2-1-3-12(16)4-5-12/h6-7H,1-5,16H2. The van der Waals surface area contributed by atoms with Gasteiger partial charge in [0, 0.05) is 11.6 Å². The SMILES string of the molecule is NC1(CCCc2cc(F)c(F)cc2F)CC1. The maximum atomic E-state index is 13.2. The summed E-state index contributed by atoms with van der Waals surface area (Å²) in [5.74, 6) is -2.82. The highest BCUT2D eigenvalue weighted by Crippen LogP contribution is 2.37. The minimum atomic E-state index is -1.14. The molecule has 0 atom stereocenters. The third-order valence-corrected chi connectivity index (χ3v) is 3.10. The predicted octanol–water partition coefficient (Wildman–Crippen LogP) is 2.92. The molecule has 0 aromatic heterocycles. The fourth-order valence-corrected chi connectivity index (χ4v) is 1.80. The first kappa shape index (κ1) is 11.5. The van der Waals surface area contributed by atoms with Crippen molar-refractivity contribution >= 4 is 0 Å². The molecule has 16 heavy (non-hydrogen) atoms. The number of aryl methyl sites for hydroxylation is 1. The maximum Gasteiger partial charge on any atom is 0.161 e. The third kappa shape index (κ3) is 2.55. The smallest absolute Gasteiger partial charge is 0.161 e. The van der Waals surface area contributed by atoms with E-state index in [9.17, 15) is 13.2 Å². The van der Waals surface area contributed by atoms with Crippen molar-refractivity contribution in [1.82, 2.24) is 0 Å². The van der Waals surface area contributed by atoms with Crippen molar-refractivity contribution in [3.05, 3.63) is 35.1 Å². The summed E-state index contributed by atoms with van der Waals surface area (Å²) in [4.78, 5) is 0. The first-order valence-electron chi connectivity index (χ1n) is 5.42. The van der Waals surface area contributed by atoms with Gasteiger partial charge in [0.25, 0.3) is 0 Å². The van der Waals surface area contributed by atoms with Crippen molar-refractivity contribution in [2.45, 2.75) is 37.6 Å². The van der Waals surface area contributed by atoms with Crippen molar-refractivity contribution in [2.75, 3.05) is 0 Å². The fourth-order valence-electron chi connectivity index (χ4n) is 1.80. The lowest BCUT2D eigenvalue weighted by atomic mass is 10.0. The Kier molecular flexibility index (Phi) is 2.93. The molecule has 1 aliphatic rings. The van der Waals surface area contributed by atoms with E-state index in [-0.39, 0.29) is 11.1 Å². The van der Waals surface area contributed by atoms with E-state index >= 15 is 0 Å². The van der Waals surface area contributed by atoms with Crippen LogP contribution in [0.1, 0.15) is 31.2 Å². The molecule has 1 fully saturated rings. The molecule has 0 aliphatic heterocycles. The topological polar surface area (TPSA) is 26.0 Å². The number of halogens is 3. The molecule has 0 amide bonds. The number of rotatable bonds is 4. The van der Waals surface area contributed by atoms with E-state index in [4.69, 9.17) is 5.73 Å². The molecule has 1 aromatic carbocycles. The zero-order chi connectivity index (χ0) is 11.8. The highest BCUT2D eigenvalue weighted by molar-refractivity contribution is 5.20. The summed E-state index contributed by atoms with van der Waals surface area (Å²) in [5, 5.41) is 0. The van der Waals surface area contributed by atoms with Gasteiger partial charge >= 0.3 is 0 Å². The monoisotopic (exact) mass is 229 g/mol. The zero-order valence-corrected chi connectivity index (χ0v) is 8.90. The van der Waals surface area contributed by atoms with Crippen molar-refractivity contribution in [3.63, 3.8) is 0 Å². The van der Waals surface area contributed by atoms with E-state index in [1.54, 1.807) is 0 Å². The molecule has 2 rings (SSSR count). The Hall–Kier alpha value is -1.03. The normalized spacial score (nSPS) is 17.5. The van der Waals surface area contributed by atoms with Crippen LogP contribution in [0.5, 0.6) is 0 Å². The van der Waals surface area contributed by atoms with Gasteiger partial charge in [-0.2, -0.15) is 0 Å². The summed E-state index contributed by atoms with van der Waals surface area (Å²) < 4.78 is 38.7. The quantitative estimate of drug-likeness (QED) is 0.789. The Balaban J connectivity index is 1.95. The minimum absolute atomic E-state index is 0.0744. The number of nitrogens with two attached hydrogens (primary N) is 1. The van der Waals surface area contributed by atoms with Crippen molar-refractivity contribution in [2.24, 2.45) is 5.73 Å². The molecule has 1 aromatic rings. The second kappa shape index (κ2) is 4.09. The molecule has 0 radical (unpaired) electrons. The molecule has 0 unspecified atom stereocenters. The summed E-state index contributed by atoms with van der Waals surface area (Å²) in [5.41, 5.74) is 6.03. The van der Waals surface area contributed by atoms with E-state index in [2.05, 4.69) is 0 Å². The second-order valence-corrected chi connectivity index (χ2v) is 4.57. The van der Waals surface area contributed by atoms with Gasteiger partial charge in [-0.25, -0.2) is 13.2 Å². The number of hydrogen-bond donors (Lipinski definition) is 1. The van der Waals surface area contributed by atoms with Crippen LogP contribution in [-0.2, 0) is 6.42 Å². The largest absolute Gasteiger partial charge is 0.325 e. The number of hydrogen-bond acceptors (Lipinski definition) is 1. The van der Waals surface area contributed by atoms with Crippen LogP contribution in [0.2, 0.25) is 0 Å². The first-order valence-corrected chi connectivity index (χ1v) is 5.42. The summed E-state index contributed by atoms with van der Waals surface area (Å²) in [6.45, 7) is 0. The number of benzene rings is 1. The molecule has 1 saturated carbocycles. The summed E-state index contributed by atoms with van der Waals surface area (Å²) in [6.07, 6.45) is 3.94. The van der Waals surface area contributed by atoms with Gasteiger partial charge in [0.15, 0.2) is 11.6 Å². The average molecular weight is 229 g/mol. The van der Waals surface area contributed by atoms with E-state index in [1.807, 2.05) is 0 Å². The van der Waals surface area contributed by atoms with Gasteiger partial charge in [-0.05, 0) is 43.7 Å². The van der Waals surface area contributed by atoms with Gasteiger partial charge in [-0.3, -0.25) is 0 Å². The average Bonchev–Trinajstić information content (AvgIpc) is 2.93. The Labute approximate surface area is 92.5 Å². The minimum Gasteiger partial charge on any atom is -0.325 e. The van der Waals surface area contributed by atoms with Crippen LogP contribution in [0.15, 0.2) is 12.1 Å². The summed E-state index contributed by atoms with van der Waals surface area (Å²) in [7, 11) is 0. The summed E-state index contributed by atoms with van der Waals surface area (Å²) >= 11 is 0. The second-order valence-electron chi connectivity index (χ2n) is 4.57. The van der Waals surface area contributed by atoms with Crippen molar-refractivity contribution in [1.29, 1.82) is 0 Å². The highest BCUT2D eigenvalue weighted by Gasteiger charge is 2.37. The molecular formula is C12H14F3N. The van der Waals surface area contributed by atoms with Crippen LogP contribution in [0, 0.1) is 17.5 Å². The van der Waals surface area contributed by atoms with E-state index < -0.39 is 17.5 Å². The summed E-state index contributed by atoms with van der Waals surface area (Å²) in [6, 6.07) is 1.53. The molecule has 4 heteroatoms. The van der Waals surface area contributed by atoms with Crippen LogP contribution in [-0.4, -0.2) is 5.54 Å². The van der Waals surface area contributed by atoms with E-state index in [0.717, 1.165) is 25.3 Å². The van der Waals surface area contributed by atoms with Crippen molar-refractivity contribution in [3.8, 4) is 0 Å². The van der Waals surface area contributed by atoms with Gasteiger partial charge in [-0.15, -0.1) is 0 Å². The lowest BCUT2D eigenvalue weighted by molar-refractivity contribution is 0.486. The Morgan fingerprint density at radius 1 is 1.06 bits per heavy atom. The van der Waals surface area contributed by atoms with E-state index in [1.165, 1.54) is 0 Å². The van der Waals surface area contributed by atoms with Crippen LogP contribution in [0.3, 0.4) is 0 Å². The molecule has 88 valence electrons. The Morgan fingerprint density at radius 3 is 2.31 bits per heavy atom. The van der Waals surface area contributed by atoms with Crippen LogP contribution >= 0.6 is 0 Å². The molecule has 0 heterocycles. The molecule has 1 aliphatic carbocycles. The Morgan fingerprint density at radius 2 is 1.69 bits per heavy atom. The van der Waals surface area contributed by atoms with Gasteiger partial charge in [0.2, 0.25) is 0 Å². The first-order chi connectivity index (χ1) is 7.50. The van der Waals surface area contributed by atoms with E-state index in [0.29, 0.717) is 18.9 Å². The highest BCUT2D eigenvalue weighted by atomic mass is 19.2. The predicted molar refractivity (Wildman–Crippen MR) is 55.4 cm³/mol. The molecule has 0 spiro atoms. The lowest BCUT2D eigenvalue weighted by Crippen LogP contribution is -2.21.